The van der Waals surface area contributed by atoms with Gasteiger partial charge in [0.1, 0.15) is 5.82 Å². The number of pyridine rings is 1. The number of hydrogen-bond acceptors (Lipinski definition) is 4. The van der Waals surface area contributed by atoms with Gasteiger partial charge in [-0.3, -0.25) is 9.78 Å². The Morgan fingerprint density at radius 3 is 2.89 bits per heavy atom. The van der Waals surface area contributed by atoms with Crippen LogP contribution in [0.1, 0.15) is 60.7 Å². The number of carbonyl (C=O) groups is 1. The van der Waals surface area contributed by atoms with Crippen molar-refractivity contribution in [3.8, 4) is 0 Å². The van der Waals surface area contributed by atoms with Crippen molar-refractivity contribution in [2.24, 2.45) is 0 Å². The molecule has 4 heterocycles. The Balaban J connectivity index is 1.65. The largest absolute Gasteiger partial charge is 0.410 e. The van der Waals surface area contributed by atoms with Crippen molar-refractivity contribution in [1.29, 1.82) is 0 Å². The fourth-order valence-electron chi connectivity index (χ4n) is 4.07. The van der Waals surface area contributed by atoms with E-state index in [1.165, 1.54) is 6.20 Å². The van der Waals surface area contributed by atoms with E-state index >= 15 is 0 Å². The van der Waals surface area contributed by atoms with E-state index in [4.69, 9.17) is 0 Å². The average molecular weight is 393 g/mol. The Morgan fingerprint density at radius 1 is 1.39 bits per heavy atom. The summed E-state index contributed by atoms with van der Waals surface area (Å²) in [6.45, 7) is 2.41. The quantitative estimate of drug-likeness (QED) is 0.858. The number of alkyl halides is 3. The molecule has 0 aromatic carbocycles. The van der Waals surface area contributed by atoms with Gasteiger partial charge < -0.3 is 10.2 Å². The second-order valence-electron chi connectivity index (χ2n) is 7.34. The van der Waals surface area contributed by atoms with Gasteiger partial charge in [-0.05, 0) is 37.8 Å². The molecule has 6 nitrogen and oxygen atoms in total. The highest BCUT2D eigenvalue weighted by Crippen LogP contribution is 2.42. The Kier molecular flexibility index (Phi) is 4.76. The fourth-order valence-corrected chi connectivity index (χ4v) is 4.07. The summed E-state index contributed by atoms with van der Waals surface area (Å²) in [5, 5.41) is 7.46. The van der Waals surface area contributed by atoms with Crippen molar-refractivity contribution in [2.45, 2.75) is 56.9 Å². The normalized spacial score (nSPS) is 24.7. The molecule has 1 saturated heterocycles. The van der Waals surface area contributed by atoms with Gasteiger partial charge in [0.15, 0.2) is 6.04 Å². The molecule has 0 radical (unpaired) electrons. The average Bonchev–Trinajstić information content (AvgIpc) is 3.32. The second-order valence-corrected chi connectivity index (χ2v) is 7.34. The molecular formula is C19H22F3N5O. The van der Waals surface area contributed by atoms with E-state index in [2.05, 4.69) is 15.4 Å². The number of amides is 1. The summed E-state index contributed by atoms with van der Waals surface area (Å²) in [6, 6.07) is 2.82. The van der Waals surface area contributed by atoms with Crippen LogP contribution in [0.5, 0.6) is 0 Å². The SMILES string of the molecule is CC[C@@H]1C[C@H](C(F)(F)F)n2nc(C3CCCN3C(=O)c3cccnc3)cc2N1. The number of halogens is 3. The van der Waals surface area contributed by atoms with Gasteiger partial charge in [0.25, 0.3) is 5.91 Å². The number of fused-ring (bicyclic) bond motifs is 1. The molecule has 1 fully saturated rings. The number of hydrogen-bond donors (Lipinski definition) is 1. The van der Waals surface area contributed by atoms with Crippen molar-refractivity contribution in [1.82, 2.24) is 19.7 Å². The number of carbonyl (C=O) groups excluding carboxylic acids is 1. The Labute approximate surface area is 160 Å². The lowest BCUT2D eigenvalue weighted by Crippen LogP contribution is -2.39. The van der Waals surface area contributed by atoms with Crippen LogP contribution >= 0.6 is 0 Å². The minimum absolute atomic E-state index is 0.0445. The maximum Gasteiger partial charge on any atom is 0.410 e. The van der Waals surface area contributed by atoms with Crippen LogP contribution in [0, 0.1) is 0 Å². The highest BCUT2D eigenvalue weighted by Gasteiger charge is 2.46. The van der Waals surface area contributed by atoms with E-state index in [-0.39, 0.29) is 24.4 Å². The summed E-state index contributed by atoms with van der Waals surface area (Å²) < 4.78 is 41.8. The Hall–Kier alpha value is -2.58. The van der Waals surface area contributed by atoms with Crippen molar-refractivity contribution in [3.63, 3.8) is 0 Å². The monoisotopic (exact) mass is 393 g/mol. The van der Waals surface area contributed by atoms with E-state index in [1.54, 1.807) is 29.3 Å². The summed E-state index contributed by atoms with van der Waals surface area (Å²) in [4.78, 5) is 18.5. The first-order valence-electron chi connectivity index (χ1n) is 9.52. The van der Waals surface area contributed by atoms with Crippen LogP contribution in [0.3, 0.4) is 0 Å². The van der Waals surface area contributed by atoms with Crippen LogP contribution in [-0.4, -0.2) is 44.3 Å². The molecule has 0 saturated carbocycles. The number of anilines is 1. The molecule has 0 bridgehead atoms. The number of nitrogens with one attached hydrogen (secondary N) is 1. The van der Waals surface area contributed by atoms with Crippen LogP contribution in [0.2, 0.25) is 0 Å². The molecule has 1 unspecified atom stereocenters. The molecule has 9 heteroatoms. The van der Waals surface area contributed by atoms with Gasteiger partial charge in [0.05, 0.1) is 17.3 Å². The van der Waals surface area contributed by atoms with Gasteiger partial charge in [0.2, 0.25) is 0 Å². The third-order valence-corrected chi connectivity index (χ3v) is 5.54. The molecule has 4 rings (SSSR count). The van der Waals surface area contributed by atoms with E-state index in [0.717, 1.165) is 11.1 Å². The Bertz CT molecular complexity index is 851. The zero-order valence-electron chi connectivity index (χ0n) is 15.5. The molecule has 150 valence electrons. The standard InChI is InChI=1S/C19H22F3N5O/c1-2-13-9-16(19(20,21)22)27-17(24-13)10-14(25-27)15-6-4-8-26(15)18(28)12-5-3-7-23-11-12/h3,5,7,10-11,13,15-16,24H,2,4,6,8-9H2,1H3/t13-,15?,16-/m1/s1. The van der Waals surface area contributed by atoms with Gasteiger partial charge in [0, 0.05) is 31.0 Å². The lowest BCUT2D eigenvalue weighted by atomic mass is 10.0. The molecule has 2 aromatic rings. The zero-order chi connectivity index (χ0) is 19.9. The predicted molar refractivity (Wildman–Crippen MR) is 96.9 cm³/mol. The Morgan fingerprint density at radius 2 is 2.21 bits per heavy atom. The van der Waals surface area contributed by atoms with E-state index < -0.39 is 12.2 Å². The van der Waals surface area contributed by atoms with Crippen molar-refractivity contribution < 1.29 is 18.0 Å². The van der Waals surface area contributed by atoms with E-state index in [1.807, 2.05) is 6.92 Å². The molecule has 2 aromatic heterocycles. The van der Waals surface area contributed by atoms with Gasteiger partial charge in [-0.2, -0.15) is 18.3 Å². The summed E-state index contributed by atoms with van der Waals surface area (Å²) in [6.07, 6.45) is 0.744. The van der Waals surface area contributed by atoms with Crippen molar-refractivity contribution >= 4 is 11.7 Å². The topological polar surface area (TPSA) is 63.1 Å². The van der Waals surface area contributed by atoms with Gasteiger partial charge in [-0.1, -0.05) is 6.92 Å². The molecule has 1 N–H and O–H groups in total. The minimum atomic E-state index is -4.37. The second kappa shape index (κ2) is 7.10. The number of aromatic nitrogens is 3. The van der Waals surface area contributed by atoms with Gasteiger partial charge in [-0.15, -0.1) is 0 Å². The number of nitrogens with zero attached hydrogens (tertiary/aromatic N) is 4. The van der Waals surface area contributed by atoms with Gasteiger partial charge in [-0.25, -0.2) is 4.68 Å². The minimum Gasteiger partial charge on any atom is -0.367 e. The lowest BCUT2D eigenvalue weighted by molar-refractivity contribution is -0.173. The van der Waals surface area contributed by atoms with Crippen molar-refractivity contribution in [3.05, 3.63) is 41.9 Å². The molecule has 28 heavy (non-hydrogen) atoms. The lowest BCUT2D eigenvalue weighted by Gasteiger charge is -2.32. The molecular weight excluding hydrogens is 371 g/mol. The molecule has 0 aliphatic carbocycles. The van der Waals surface area contributed by atoms with Crippen LogP contribution in [0.4, 0.5) is 19.0 Å². The van der Waals surface area contributed by atoms with Crippen molar-refractivity contribution in [2.75, 3.05) is 11.9 Å². The predicted octanol–water partition coefficient (Wildman–Crippen LogP) is 3.95. The molecule has 3 atom stereocenters. The zero-order valence-corrected chi connectivity index (χ0v) is 15.5. The molecule has 2 aliphatic rings. The summed E-state index contributed by atoms with van der Waals surface area (Å²) in [5.41, 5.74) is 0.971. The summed E-state index contributed by atoms with van der Waals surface area (Å²) >= 11 is 0. The molecule has 0 spiro atoms. The first kappa shape index (κ1) is 18.8. The fraction of sp³-hybridized carbons (Fsp3) is 0.526. The van der Waals surface area contributed by atoms with Crippen LogP contribution < -0.4 is 5.32 Å². The van der Waals surface area contributed by atoms with Crippen LogP contribution in [0.25, 0.3) is 0 Å². The van der Waals surface area contributed by atoms with Gasteiger partial charge >= 0.3 is 6.18 Å². The smallest absolute Gasteiger partial charge is 0.367 e. The highest BCUT2D eigenvalue weighted by molar-refractivity contribution is 5.94. The first-order valence-corrected chi connectivity index (χ1v) is 9.52. The van der Waals surface area contributed by atoms with Crippen LogP contribution in [0.15, 0.2) is 30.6 Å². The number of likely N-dealkylation sites (tertiary alicyclic amines) is 1. The summed E-state index contributed by atoms with van der Waals surface area (Å²) in [7, 11) is 0. The maximum atomic E-state index is 13.6. The first-order chi connectivity index (χ1) is 13.4. The third kappa shape index (κ3) is 3.33. The highest BCUT2D eigenvalue weighted by atomic mass is 19.4. The third-order valence-electron chi connectivity index (χ3n) is 5.54. The maximum absolute atomic E-state index is 13.6. The summed E-state index contributed by atoms with van der Waals surface area (Å²) in [5.74, 6) is 0.199. The number of rotatable bonds is 3. The molecule has 1 amide bonds. The molecule has 2 aliphatic heterocycles. The van der Waals surface area contributed by atoms with E-state index in [0.29, 0.717) is 36.5 Å². The van der Waals surface area contributed by atoms with E-state index in [9.17, 15) is 18.0 Å². The van der Waals surface area contributed by atoms with Crippen LogP contribution in [-0.2, 0) is 0 Å².